The van der Waals surface area contributed by atoms with Crippen LogP contribution in [0.4, 0.5) is 0 Å². The molecule has 0 aromatic heterocycles. The van der Waals surface area contributed by atoms with E-state index in [0.29, 0.717) is 6.61 Å². The predicted molar refractivity (Wildman–Crippen MR) is 73.1 cm³/mol. The van der Waals surface area contributed by atoms with E-state index >= 15 is 0 Å². The summed E-state index contributed by atoms with van der Waals surface area (Å²) >= 11 is 0. The van der Waals surface area contributed by atoms with Crippen LogP contribution in [-0.2, 0) is 9.47 Å². The fourth-order valence-corrected chi connectivity index (χ4v) is 2.32. The molecule has 120 valence electrons. The molecule has 1 aliphatic rings. The molecular formula is C14H28O6. The van der Waals surface area contributed by atoms with Crippen molar-refractivity contribution in [1.29, 1.82) is 0 Å². The second kappa shape index (κ2) is 8.92. The lowest BCUT2D eigenvalue weighted by molar-refractivity contribution is -0.348. The lowest BCUT2D eigenvalue weighted by Gasteiger charge is -2.43. The summed E-state index contributed by atoms with van der Waals surface area (Å²) in [5.41, 5.74) is 0. The summed E-state index contributed by atoms with van der Waals surface area (Å²) in [5.74, 6) is -1.62. The van der Waals surface area contributed by atoms with Crippen LogP contribution < -0.4 is 0 Å². The maximum absolute atomic E-state index is 9.91. The average Bonchev–Trinajstić information content (AvgIpc) is 2.46. The third-order valence-electron chi connectivity index (χ3n) is 3.73. The quantitative estimate of drug-likeness (QED) is 0.452. The molecule has 1 rings (SSSR count). The van der Waals surface area contributed by atoms with Gasteiger partial charge in [0.2, 0.25) is 5.79 Å². The monoisotopic (exact) mass is 292 g/mol. The summed E-state index contributed by atoms with van der Waals surface area (Å²) in [4.78, 5) is 0. The predicted octanol–water partition coefficient (Wildman–Crippen LogP) is 0.165. The fourth-order valence-electron chi connectivity index (χ4n) is 2.32. The number of unbranched alkanes of at least 4 members (excludes halogenated alkanes) is 5. The maximum atomic E-state index is 9.91. The number of ether oxygens (including phenoxy) is 2. The van der Waals surface area contributed by atoms with Gasteiger partial charge in [-0.05, 0) is 6.42 Å². The van der Waals surface area contributed by atoms with Gasteiger partial charge in [0.1, 0.15) is 24.9 Å². The lowest BCUT2D eigenvalue weighted by atomic mass is 9.97. The molecule has 0 bridgehead atoms. The van der Waals surface area contributed by atoms with Crippen molar-refractivity contribution >= 4 is 0 Å². The van der Waals surface area contributed by atoms with Crippen molar-refractivity contribution in [2.24, 2.45) is 0 Å². The second-order valence-corrected chi connectivity index (χ2v) is 5.40. The third-order valence-corrected chi connectivity index (χ3v) is 3.73. The first-order valence-corrected chi connectivity index (χ1v) is 7.50. The highest BCUT2D eigenvalue weighted by Gasteiger charge is 2.50. The van der Waals surface area contributed by atoms with Gasteiger partial charge in [0.25, 0.3) is 0 Å². The largest absolute Gasteiger partial charge is 0.391 e. The molecule has 0 spiro atoms. The van der Waals surface area contributed by atoms with Crippen LogP contribution >= 0.6 is 0 Å². The van der Waals surface area contributed by atoms with Crippen molar-refractivity contribution in [2.75, 3.05) is 19.8 Å². The van der Waals surface area contributed by atoms with Gasteiger partial charge in [-0.25, -0.2) is 0 Å². The SMILES string of the molecule is CCCCCCCCO[C@@]1(CO)OC[C@@H](O)[C@@H](O)[C@@H]1O. The zero-order chi connectivity index (χ0) is 15.0. The molecule has 1 fully saturated rings. The Morgan fingerprint density at radius 3 is 2.40 bits per heavy atom. The Hall–Kier alpha value is -0.240. The highest BCUT2D eigenvalue weighted by atomic mass is 16.7. The molecule has 0 radical (unpaired) electrons. The van der Waals surface area contributed by atoms with Crippen LogP contribution in [0, 0.1) is 0 Å². The van der Waals surface area contributed by atoms with Crippen LogP contribution in [0.2, 0.25) is 0 Å². The molecule has 1 saturated heterocycles. The minimum Gasteiger partial charge on any atom is -0.391 e. The molecule has 20 heavy (non-hydrogen) atoms. The van der Waals surface area contributed by atoms with E-state index in [2.05, 4.69) is 6.92 Å². The Labute approximate surface area is 120 Å². The van der Waals surface area contributed by atoms with E-state index in [9.17, 15) is 20.4 Å². The van der Waals surface area contributed by atoms with Gasteiger partial charge in [0, 0.05) is 0 Å². The average molecular weight is 292 g/mol. The molecule has 0 aliphatic carbocycles. The van der Waals surface area contributed by atoms with Crippen molar-refractivity contribution in [3.8, 4) is 0 Å². The van der Waals surface area contributed by atoms with Crippen molar-refractivity contribution in [3.63, 3.8) is 0 Å². The molecule has 6 nitrogen and oxygen atoms in total. The number of hydrogen-bond donors (Lipinski definition) is 4. The minimum absolute atomic E-state index is 0.171. The van der Waals surface area contributed by atoms with Crippen LogP contribution in [0.5, 0.6) is 0 Å². The number of rotatable bonds is 9. The molecule has 0 aromatic carbocycles. The summed E-state index contributed by atoms with van der Waals surface area (Å²) in [5, 5.41) is 38.3. The second-order valence-electron chi connectivity index (χ2n) is 5.40. The first-order chi connectivity index (χ1) is 9.57. The minimum atomic E-state index is -1.62. The van der Waals surface area contributed by atoms with E-state index in [-0.39, 0.29) is 6.61 Å². The van der Waals surface area contributed by atoms with Crippen molar-refractivity contribution in [1.82, 2.24) is 0 Å². The van der Waals surface area contributed by atoms with Gasteiger partial charge in [0.05, 0.1) is 13.2 Å². The molecule has 1 heterocycles. The molecule has 6 heteroatoms. The zero-order valence-corrected chi connectivity index (χ0v) is 12.2. The summed E-state index contributed by atoms with van der Waals surface area (Å²) < 4.78 is 10.7. The fraction of sp³-hybridized carbons (Fsp3) is 1.00. The normalized spacial score (nSPS) is 34.4. The Morgan fingerprint density at radius 2 is 1.75 bits per heavy atom. The molecule has 1 aliphatic heterocycles. The van der Waals surface area contributed by atoms with Crippen molar-refractivity contribution in [2.45, 2.75) is 69.5 Å². The Balaban J connectivity index is 2.31. The van der Waals surface area contributed by atoms with Crippen LogP contribution in [-0.4, -0.2) is 64.3 Å². The number of aliphatic hydroxyl groups is 4. The van der Waals surface area contributed by atoms with Crippen LogP contribution in [0.1, 0.15) is 45.4 Å². The molecule has 0 saturated carbocycles. The van der Waals surface area contributed by atoms with E-state index in [1.807, 2.05) is 0 Å². The highest BCUT2D eigenvalue weighted by Crippen LogP contribution is 2.27. The van der Waals surface area contributed by atoms with Crippen LogP contribution in [0.25, 0.3) is 0 Å². The van der Waals surface area contributed by atoms with E-state index in [1.54, 1.807) is 0 Å². The highest BCUT2D eigenvalue weighted by molar-refractivity contribution is 4.92. The lowest BCUT2D eigenvalue weighted by Crippen LogP contribution is -2.63. The van der Waals surface area contributed by atoms with Crippen LogP contribution in [0.15, 0.2) is 0 Å². The van der Waals surface area contributed by atoms with Gasteiger partial charge in [-0.15, -0.1) is 0 Å². The smallest absolute Gasteiger partial charge is 0.221 e. The molecule has 0 amide bonds. The number of hydrogen-bond acceptors (Lipinski definition) is 6. The molecule has 4 atom stereocenters. The molecule has 0 unspecified atom stereocenters. The Kier molecular flexibility index (Phi) is 7.94. The summed E-state index contributed by atoms with van der Waals surface area (Å²) in [6.45, 7) is 1.77. The molecule has 0 aromatic rings. The first-order valence-electron chi connectivity index (χ1n) is 7.50. The molecule has 4 N–H and O–H groups in total. The van der Waals surface area contributed by atoms with Gasteiger partial charge < -0.3 is 29.9 Å². The van der Waals surface area contributed by atoms with E-state index < -0.39 is 30.7 Å². The summed E-state index contributed by atoms with van der Waals surface area (Å²) in [6.07, 6.45) is 2.58. The third kappa shape index (κ3) is 4.65. The maximum Gasteiger partial charge on any atom is 0.221 e. The standard InChI is InChI=1S/C14H28O6/c1-2-3-4-5-6-7-8-19-14(10-15)13(18)12(17)11(16)9-20-14/h11-13,15-18H,2-10H2,1H3/t11-,12-,13+,14+/m1/s1. The van der Waals surface area contributed by atoms with Crippen molar-refractivity contribution < 1.29 is 29.9 Å². The van der Waals surface area contributed by atoms with E-state index in [4.69, 9.17) is 9.47 Å². The van der Waals surface area contributed by atoms with Gasteiger partial charge >= 0.3 is 0 Å². The summed E-state index contributed by atoms with van der Waals surface area (Å²) in [7, 11) is 0. The van der Waals surface area contributed by atoms with Gasteiger partial charge in [0.15, 0.2) is 0 Å². The Bertz CT molecular complexity index is 262. The first kappa shape index (κ1) is 17.8. The summed E-state index contributed by atoms with van der Waals surface area (Å²) in [6, 6.07) is 0. The van der Waals surface area contributed by atoms with Gasteiger partial charge in [-0.2, -0.15) is 0 Å². The Morgan fingerprint density at radius 1 is 1.10 bits per heavy atom. The molecular weight excluding hydrogens is 264 g/mol. The van der Waals surface area contributed by atoms with Gasteiger partial charge in [-0.3, -0.25) is 0 Å². The number of aliphatic hydroxyl groups excluding tert-OH is 4. The van der Waals surface area contributed by atoms with Gasteiger partial charge in [-0.1, -0.05) is 39.0 Å². The van der Waals surface area contributed by atoms with E-state index in [0.717, 1.165) is 19.3 Å². The van der Waals surface area contributed by atoms with Crippen LogP contribution in [0.3, 0.4) is 0 Å². The zero-order valence-electron chi connectivity index (χ0n) is 12.2. The van der Waals surface area contributed by atoms with Crippen molar-refractivity contribution in [3.05, 3.63) is 0 Å². The van der Waals surface area contributed by atoms with E-state index in [1.165, 1.54) is 19.3 Å². The topological polar surface area (TPSA) is 99.4 Å².